The highest BCUT2D eigenvalue weighted by atomic mass is 16.6. The lowest BCUT2D eigenvalue weighted by molar-refractivity contribution is 0.0460. The molecule has 32 heavy (non-hydrogen) atoms. The fraction of sp³-hybridized carbons (Fsp3) is 0.478. The summed E-state index contributed by atoms with van der Waals surface area (Å²) in [7, 11) is 1.82. The van der Waals surface area contributed by atoms with Crippen LogP contribution in [0.25, 0.3) is 28.2 Å². The van der Waals surface area contributed by atoms with E-state index in [0.717, 1.165) is 39.2 Å². The number of hydrogen-bond donors (Lipinski definition) is 2. The summed E-state index contributed by atoms with van der Waals surface area (Å²) in [6.07, 6.45) is 0.901. The summed E-state index contributed by atoms with van der Waals surface area (Å²) >= 11 is 0. The zero-order valence-electron chi connectivity index (χ0n) is 20.0. The molecule has 0 aliphatic heterocycles. The fourth-order valence-corrected chi connectivity index (χ4v) is 3.43. The van der Waals surface area contributed by atoms with Gasteiger partial charge in [0.05, 0.1) is 34.4 Å². The second-order valence-electron chi connectivity index (χ2n) is 8.98. The van der Waals surface area contributed by atoms with Crippen molar-refractivity contribution in [2.24, 2.45) is 7.05 Å². The van der Waals surface area contributed by atoms with Crippen LogP contribution in [0.5, 0.6) is 5.88 Å². The highest BCUT2D eigenvalue weighted by molar-refractivity contribution is 5.91. The maximum atomic E-state index is 12.1. The van der Waals surface area contributed by atoms with Gasteiger partial charge in [-0.1, -0.05) is 6.58 Å². The standard InChI is InChI=1S/C23H32N6O3/c1-10-17-16-11-18(24-14(4)20(16)27-26-17)19-13(3)28-29(9)21(19)31-15(5)12(2)25-22(30)32-23(6,7)8/h10-12,15H,1H2,2-9H3,(H,25,30)(H,26,27). The zero-order valence-corrected chi connectivity index (χ0v) is 20.0. The van der Waals surface area contributed by atoms with Crippen molar-refractivity contribution in [2.45, 2.75) is 66.2 Å². The number of rotatable bonds is 6. The first-order valence-corrected chi connectivity index (χ1v) is 10.6. The van der Waals surface area contributed by atoms with Crippen molar-refractivity contribution in [2.75, 3.05) is 0 Å². The molecule has 0 spiro atoms. The molecule has 3 aromatic rings. The van der Waals surface area contributed by atoms with Crippen molar-refractivity contribution in [1.29, 1.82) is 0 Å². The summed E-state index contributed by atoms with van der Waals surface area (Å²) in [5.41, 5.74) is 4.18. The Labute approximate surface area is 188 Å². The first-order valence-electron chi connectivity index (χ1n) is 10.6. The number of fused-ring (bicyclic) bond motifs is 1. The Balaban J connectivity index is 1.91. The SMILES string of the molecule is C=Cc1[nH]nc2c(C)nc(-c3c(C)nn(C)c3OC(C)C(C)NC(=O)OC(C)(C)C)cc12. The van der Waals surface area contributed by atoms with E-state index >= 15 is 0 Å². The molecule has 0 radical (unpaired) electrons. The van der Waals surface area contributed by atoms with E-state index in [0.29, 0.717) is 5.88 Å². The van der Waals surface area contributed by atoms with Gasteiger partial charge in [-0.2, -0.15) is 10.2 Å². The highest BCUT2D eigenvalue weighted by Gasteiger charge is 2.25. The van der Waals surface area contributed by atoms with E-state index in [9.17, 15) is 4.79 Å². The predicted molar refractivity (Wildman–Crippen MR) is 125 cm³/mol. The molecule has 3 aromatic heterocycles. The average molecular weight is 441 g/mol. The van der Waals surface area contributed by atoms with Gasteiger partial charge < -0.3 is 14.8 Å². The van der Waals surface area contributed by atoms with Crippen molar-refractivity contribution in [3.8, 4) is 17.1 Å². The molecular weight excluding hydrogens is 408 g/mol. The molecule has 0 fully saturated rings. The van der Waals surface area contributed by atoms with Crippen molar-refractivity contribution in [3.63, 3.8) is 0 Å². The average Bonchev–Trinajstić information content (AvgIpc) is 3.20. The minimum Gasteiger partial charge on any atom is -0.472 e. The van der Waals surface area contributed by atoms with Crippen LogP contribution in [-0.4, -0.2) is 48.8 Å². The van der Waals surface area contributed by atoms with Crippen LogP contribution in [0.2, 0.25) is 0 Å². The number of aromatic nitrogens is 5. The van der Waals surface area contributed by atoms with Crippen LogP contribution in [0.1, 0.15) is 51.7 Å². The number of carbonyl (C=O) groups is 1. The molecule has 0 aromatic carbocycles. The maximum absolute atomic E-state index is 12.1. The fourth-order valence-electron chi connectivity index (χ4n) is 3.43. The van der Waals surface area contributed by atoms with Gasteiger partial charge >= 0.3 is 6.09 Å². The molecule has 3 rings (SSSR count). The maximum Gasteiger partial charge on any atom is 0.407 e. The number of carbonyl (C=O) groups excluding carboxylic acids is 1. The molecule has 2 N–H and O–H groups in total. The summed E-state index contributed by atoms with van der Waals surface area (Å²) in [4.78, 5) is 16.9. The smallest absolute Gasteiger partial charge is 0.407 e. The first kappa shape index (κ1) is 23.3. The van der Waals surface area contributed by atoms with Gasteiger partial charge in [0.25, 0.3) is 0 Å². The number of H-pyrrole nitrogens is 1. The molecule has 2 unspecified atom stereocenters. The second-order valence-corrected chi connectivity index (χ2v) is 8.98. The van der Waals surface area contributed by atoms with Gasteiger partial charge in [-0.05, 0) is 60.6 Å². The van der Waals surface area contributed by atoms with E-state index in [-0.39, 0.29) is 12.1 Å². The lowest BCUT2D eigenvalue weighted by atomic mass is 10.1. The lowest BCUT2D eigenvalue weighted by Crippen LogP contribution is -2.44. The van der Waals surface area contributed by atoms with Crippen LogP contribution >= 0.6 is 0 Å². The van der Waals surface area contributed by atoms with Crippen molar-refractivity contribution < 1.29 is 14.3 Å². The molecule has 0 bridgehead atoms. The normalized spacial score (nSPS) is 13.6. The molecular formula is C23H32N6O3. The molecule has 172 valence electrons. The number of pyridine rings is 1. The van der Waals surface area contributed by atoms with Crippen LogP contribution < -0.4 is 10.1 Å². The molecule has 0 saturated carbocycles. The molecule has 3 heterocycles. The third kappa shape index (κ3) is 4.76. The van der Waals surface area contributed by atoms with Crippen LogP contribution in [0, 0.1) is 13.8 Å². The number of nitrogens with zero attached hydrogens (tertiary/aromatic N) is 4. The lowest BCUT2D eigenvalue weighted by Gasteiger charge is -2.25. The summed E-state index contributed by atoms with van der Waals surface area (Å²) in [6, 6.07) is 1.67. The van der Waals surface area contributed by atoms with Gasteiger partial charge in [-0.25, -0.2) is 9.48 Å². The number of ether oxygens (including phenoxy) is 2. The van der Waals surface area contributed by atoms with Crippen LogP contribution in [-0.2, 0) is 11.8 Å². The number of aryl methyl sites for hydroxylation is 3. The minimum absolute atomic E-state index is 0.300. The van der Waals surface area contributed by atoms with E-state index in [1.807, 2.05) is 61.6 Å². The van der Waals surface area contributed by atoms with E-state index in [1.165, 1.54) is 0 Å². The van der Waals surface area contributed by atoms with E-state index in [1.54, 1.807) is 10.8 Å². The number of nitrogens with one attached hydrogen (secondary N) is 2. The van der Waals surface area contributed by atoms with Crippen molar-refractivity contribution in [3.05, 3.63) is 29.7 Å². The summed E-state index contributed by atoms with van der Waals surface area (Å²) in [5, 5.41) is 15.6. The van der Waals surface area contributed by atoms with Gasteiger partial charge in [-0.3, -0.25) is 10.1 Å². The summed E-state index contributed by atoms with van der Waals surface area (Å²) in [6.45, 7) is 16.9. The van der Waals surface area contributed by atoms with E-state index in [4.69, 9.17) is 14.5 Å². The third-order valence-corrected chi connectivity index (χ3v) is 5.12. The van der Waals surface area contributed by atoms with Crippen LogP contribution in [0.3, 0.4) is 0 Å². The number of aromatic amines is 1. The third-order valence-electron chi connectivity index (χ3n) is 5.12. The first-order chi connectivity index (χ1) is 14.9. The van der Waals surface area contributed by atoms with Gasteiger partial charge in [0.2, 0.25) is 5.88 Å². The Bertz CT molecular complexity index is 1150. The van der Waals surface area contributed by atoms with E-state index in [2.05, 4.69) is 27.2 Å². The van der Waals surface area contributed by atoms with Gasteiger partial charge in [0, 0.05) is 12.4 Å². The molecule has 2 atom stereocenters. The van der Waals surface area contributed by atoms with Crippen molar-refractivity contribution >= 4 is 23.1 Å². The predicted octanol–water partition coefficient (Wildman–Crippen LogP) is 4.30. The highest BCUT2D eigenvalue weighted by Crippen LogP contribution is 2.35. The topological polar surface area (TPSA) is 107 Å². The largest absolute Gasteiger partial charge is 0.472 e. The molecule has 9 heteroatoms. The molecule has 0 aliphatic rings. The Morgan fingerprint density at radius 2 is 1.97 bits per heavy atom. The number of alkyl carbamates (subject to hydrolysis) is 1. The van der Waals surface area contributed by atoms with Crippen molar-refractivity contribution in [1.82, 2.24) is 30.3 Å². The van der Waals surface area contributed by atoms with Gasteiger partial charge in [-0.15, -0.1) is 0 Å². The second kappa shape index (κ2) is 8.64. The zero-order chi connectivity index (χ0) is 23.8. The summed E-state index contributed by atoms with van der Waals surface area (Å²) < 4.78 is 13.3. The molecule has 1 amide bonds. The van der Waals surface area contributed by atoms with Crippen LogP contribution in [0.15, 0.2) is 12.6 Å². The number of hydrogen-bond acceptors (Lipinski definition) is 6. The minimum atomic E-state index is -0.570. The Morgan fingerprint density at radius 1 is 1.28 bits per heavy atom. The molecule has 0 saturated heterocycles. The molecule has 9 nitrogen and oxygen atoms in total. The van der Waals surface area contributed by atoms with Gasteiger partial charge in [0.1, 0.15) is 17.2 Å². The van der Waals surface area contributed by atoms with Crippen LogP contribution in [0.4, 0.5) is 4.79 Å². The van der Waals surface area contributed by atoms with E-state index < -0.39 is 11.7 Å². The number of amides is 1. The Kier molecular flexibility index (Phi) is 6.29. The van der Waals surface area contributed by atoms with Gasteiger partial charge in [0.15, 0.2) is 0 Å². The Hall–Kier alpha value is -3.36. The Morgan fingerprint density at radius 3 is 2.59 bits per heavy atom. The summed E-state index contributed by atoms with van der Waals surface area (Å²) in [5.74, 6) is 0.572. The monoisotopic (exact) mass is 440 g/mol. The molecule has 0 aliphatic carbocycles. The quantitative estimate of drug-likeness (QED) is 0.592.